The predicted octanol–water partition coefficient (Wildman–Crippen LogP) is 12.7. The Bertz CT molecular complexity index is 2360. The van der Waals surface area contributed by atoms with E-state index in [-0.39, 0.29) is 38.6 Å². The van der Waals surface area contributed by atoms with Crippen LogP contribution in [-0.2, 0) is 38.6 Å². The van der Waals surface area contributed by atoms with Gasteiger partial charge in [0.05, 0.1) is 5.52 Å². The van der Waals surface area contributed by atoms with E-state index >= 15 is 0 Å². The molecule has 2 aromatic heterocycles. The van der Waals surface area contributed by atoms with Crippen molar-refractivity contribution in [2.45, 2.75) is 71.6 Å². The van der Waals surface area contributed by atoms with Crippen LogP contribution in [0.15, 0.2) is 109 Å². The molecule has 0 fully saturated rings. The van der Waals surface area contributed by atoms with Gasteiger partial charge < -0.3 is 9.88 Å². The molecule has 50 heavy (non-hydrogen) atoms. The number of aromatic nitrogens is 2. The van der Waals surface area contributed by atoms with Gasteiger partial charge in [0.25, 0.3) is 0 Å². The minimum atomic E-state index is -0.172. The van der Waals surface area contributed by atoms with Crippen molar-refractivity contribution in [2.75, 3.05) is 0 Å². The molecule has 0 atom stereocenters. The van der Waals surface area contributed by atoms with Crippen molar-refractivity contribution < 1.29 is 22.4 Å². The summed E-state index contributed by atoms with van der Waals surface area (Å²) in [6.07, 6.45) is 1.88. The summed E-state index contributed by atoms with van der Waals surface area (Å²) in [5.74, 6) is 0. The molecule has 8 rings (SSSR count). The summed E-state index contributed by atoms with van der Waals surface area (Å²) in [6, 6.07) is 44.9. The number of pyridine rings is 1. The van der Waals surface area contributed by atoms with Crippen LogP contribution in [0.2, 0.25) is 0 Å². The molecule has 5 aromatic carbocycles. The molecule has 0 N–H and O–H groups in total. The van der Waals surface area contributed by atoms with Crippen LogP contribution in [0.1, 0.15) is 77.6 Å². The van der Waals surface area contributed by atoms with Crippen LogP contribution in [-0.4, -0.2) is 9.55 Å². The topological polar surface area (TPSA) is 31.9 Å². The zero-order valence-electron chi connectivity index (χ0n) is 30.0. The second-order valence-electron chi connectivity index (χ2n) is 16.0. The Morgan fingerprint density at radius 3 is 2.02 bits per heavy atom. The van der Waals surface area contributed by atoms with Crippen LogP contribution in [0.3, 0.4) is 0 Å². The van der Waals surface area contributed by atoms with E-state index in [1.165, 1.54) is 27.6 Å². The Balaban J connectivity index is 0.00000392. The largest absolute Gasteiger partial charge is 3.00 e. The number of rotatable bonds is 3. The summed E-state index contributed by atoms with van der Waals surface area (Å²) in [4.78, 5) is 4.88. The Morgan fingerprint density at radius 2 is 1.26 bits per heavy atom. The van der Waals surface area contributed by atoms with E-state index in [4.69, 9.17) is 10.3 Å². The fourth-order valence-corrected chi connectivity index (χ4v) is 7.34. The van der Waals surface area contributed by atoms with Gasteiger partial charge in [-0.2, -0.15) is 35.5 Å². The van der Waals surface area contributed by atoms with Gasteiger partial charge in [-0.25, -0.2) is 10.5 Å². The van der Waals surface area contributed by atoms with Crippen molar-refractivity contribution in [1.82, 2.24) is 9.55 Å². The van der Waals surface area contributed by atoms with Crippen molar-refractivity contribution in [3.63, 3.8) is 0 Å². The van der Waals surface area contributed by atoms with Crippen molar-refractivity contribution in [3.05, 3.63) is 149 Å². The number of hydrogen-bond donors (Lipinski definition) is 0. The molecule has 0 saturated carbocycles. The first-order chi connectivity index (χ1) is 23.3. The Labute approximate surface area is 312 Å². The monoisotopic (exact) mass is 833 g/mol. The van der Waals surface area contributed by atoms with E-state index < -0.39 is 0 Å². The van der Waals surface area contributed by atoms with Gasteiger partial charge in [-0.3, -0.25) is 0 Å². The van der Waals surface area contributed by atoms with Crippen LogP contribution in [0.4, 0.5) is 11.4 Å². The number of para-hydroxylation sites is 3. The molecule has 7 aromatic rings. The Morgan fingerprint density at radius 1 is 0.640 bits per heavy atom. The maximum absolute atomic E-state index is 5.29. The van der Waals surface area contributed by atoms with Crippen molar-refractivity contribution in [3.8, 4) is 27.9 Å². The first-order valence-corrected chi connectivity index (χ1v) is 17.3. The van der Waals surface area contributed by atoms with Gasteiger partial charge in [0.2, 0.25) is 0 Å². The second kappa shape index (κ2) is 12.1. The minimum absolute atomic E-state index is 0. The third-order valence-corrected chi connectivity index (χ3v) is 10.2. The molecule has 0 aliphatic carbocycles. The third kappa shape index (κ3) is 5.62. The molecule has 1 aliphatic rings. The van der Waals surface area contributed by atoms with Crippen LogP contribution < -0.4 is 0 Å². The number of fused-ring (bicyclic) bond motifs is 5. The zero-order chi connectivity index (χ0) is 34.3. The average Bonchev–Trinajstić information content (AvgIpc) is 3.41. The second-order valence-corrected chi connectivity index (χ2v) is 16.0. The molecule has 3 heterocycles. The first kappa shape index (κ1) is 34.1. The van der Waals surface area contributed by atoms with E-state index in [9.17, 15) is 0 Å². The number of hydrogen-bond acceptors (Lipinski definition) is 1. The molecule has 4 heteroatoms. The summed E-state index contributed by atoms with van der Waals surface area (Å²) in [7, 11) is 0. The number of nitrogens with zero attached hydrogens (tertiary/aromatic N) is 3. The maximum Gasteiger partial charge on any atom is 3.00 e. The van der Waals surface area contributed by atoms with Gasteiger partial charge >= 0.3 is 22.4 Å². The van der Waals surface area contributed by atoms with Crippen LogP contribution in [0, 0.1) is 12.1 Å². The predicted molar refractivity (Wildman–Crippen MR) is 206 cm³/mol. The molecule has 0 unspecified atom stereocenters. The molecule has 0 spiro atoms. The van der Waals surface area contributed by atoms with Crippen LogP contribution in [0.25, 0.3) is 55.2 Å². The Hall–Kier alpha value is -4.41. The number of benzene rings is 5. The molecule has 0 saturated heterocycles. The average molecular weight is 834 g/mol. The molecular weight excluding hydrogens is 791 g/mol. The summed E-state index contributed by atoms with van der Waals surface area (Å²) < 4.78 is 2.27. The zero-order valence-corrected chi connectivity index (χ0v) is 32.2. The quantitative estimate of drug-likeness (QED) is 0.129. The molecule has 1 aliphatic heterocycles. The molecule has 3 nitrogen and oxygen atoms in total. The molecule has 0 bridgehead atoms. The van der Waals surface area contributed by atoms with Crippen LogP contribution >= 0.6 is 0 Å². The summed E-state index contributed by atoms with van der Waals surface area (Å²) in [5, 5.41) is 7.62. The standard InChI is InChI=1S/C46H42N3.Au/c1-44(2,3)32-24-29(23-31(26-32)35-16-13-19-39-42(35)48-40-20-11-10-18-38(40)46(39,7)8)30-25-33(45(4,5)6)28-34(27-30)49-41-21-12-9-15-36(41)37-17-14-22-47-43(37)49;/h9-22,24-26,28H,1-8H3;/q-3;+3. The summed E-state index contributed by atoms with van der Waals surface area (Å²) in [6.45, 7) is 18.3. The van der Waals surface area contributed by atoms with Crippen molar-refractivity contribution in [1.29, 1.82) is 0 Å². The third-order valence-electron chi connectivity index (χ3n) is 10.2. The first-order valence-electron chi connectivity index (χ1n) is 17.3. The van der Waals surface area contributed by atoms with E-state index in [0.29, 0.717) is 0 Å². The van der Waals surface area contributed by atoms with Gasteiger partial charge in [-0.1, -0.05) is 133 Å². The van der Waals surface area contributed by atoms with Gasteiger partial charge in [0, 0.05) is 22.4 Å². The van der Waals surface area contributed by atoms with Crippen molar-refractivity contribution >= 4 is 33.3 Å². The van der Waals surface area contributed by atoms with E-state index in [0.717, 1.165) is 55.9 Å². The van der Waals surface area contributed by atoms with E-state index in [2.05, 4.69) is 169 Å². The van der Waals surface area contributed by atoms with Gasteiger partial charge in [0.15, 0.2) is 0 Å². The van der Waals surface area contributed by atoms with Gasteiger partial charge in [-0.15, -0.1) is 34.5 Å². The van der Waals surface area contributed by atoms with Crippen LogP contribution in [0.5, 0.6) is 0 Å². The molecule has 0 amide bonds. The fraction of sp³-hybridized carbons (Fsp3) is 0.239. The Kier molecular flexibility index (Phi) is 8.26. The fourth-order valence-electron chi connectivity index (χ4n) is 7.34. The van der Waals surface area contributed by atoms with E-state index in [1.807, 2.05) is 12.3 Å². The summed E-state index contributed by atoms with van der Waals surface area (Å²) >= 11 is 0. The van der Waals surface area contributed by atoms with Gasteiger partial charge in [0.1, 0.15) is 5.65 Å². The maximum atomic E-state index is 5.29. The van der Waals surface area contributed by atoms with Gasteiger partial charge in [-0.05, 0) is 34.7 Å². The van der Waals surface area contributed by atoms with Crippen molar-refractivity contribution in [2.24, 2.45) is 0 Å². The normalized spacial score (nSPS) is 13.8. The molecule has 252 valence electrons. The molecule has 0 radical (unpaired) electrons. The molecular formula is C46H42AuN3. The summed E-state index contributed by atoms with van der Waals surface area (Å²) in [5.41, 5.74) is 13.9. The minimum Gasteiger partial charge on any atom is -0.663 e. The SMILES string of the molecule is CC(C)(C)c1cc(-c2[c-]c(-n3c4ccccc4c4cccnc43)cc(C(C)(C)C)c2)[c-]c(-c2cccc3c2[N-]c2ccccc2C3(C)C)c1.[Au+3]. The smallest absolute Gasteiger partial charge is 0.663 e. The van der Waals surface area contributed by atoms with E-state index in [1.54, 1.807) is 0 Å².